The van der Waals surface area contributed by atoms with Crippen molar-refractivity contribution in [2.75, 3.05) is 33.0 Å². The first-order valence-corrected chi connectivity index (χ1v) is 24.5. The van der Waals surface area contributed by atoms with E-state index in [0.717, 1.165) is 51.4 Å². The molecule has 11 heteroatoms. The highest BCUT2D eigenvalue weighted by atomic mass is 31.2. The summed E-state index contributed by atoms with van der Waals surface area (Å²) in [5.74, 6) is -0.737. The number of hydrogen-bond acceptors (Lipinski definition) is 8. The molecule has 0 heterocycles. The number of carbonyl (C=O) groups is 2. The fourth-order valence-electron chi connectivity index (χ4n) is 6.18. The number of amides is 1. The van der Waals surface area contributed by atoms with Crippen LogP contribution in [-0.4, -0.2) is 67.3 Å². The largest absolute Gasteiger partial charge is 0.481 e. The van der Waals surface area contributed by atoms with Crippen LogP contribution in [0.4, 0.5) is 0 Å². The van der Waals surface area contributed by atoms with E-state index in [1.165, 1.54) is 122 Å². The zero-order valence-corrected chi connectivity index (χ0v) is 37.8. The van der Waals surface area contributed by atoms with Gasteiger partial charge in [-0.15, -0.1) is 6.58 Å². The number of nitrogens with one attached hydrogen (secondary N) is 1. The lowest BCUT2D eigenvalue weighted by atomic mass is 10.1. The summed E-state index contributed by atoms with van der Waals surface area (Å²) < 4.78 is 35.1. The summed E-state index contributed by atoms with van der Waals surface area (Å²) in [6.45, 7) is 12.9. The maximum absolute atomic E-state index is 13.0. The molecule has 1 amide bonds. The van der Waals surface area contributed by atoms with Crippen LogP contribution >= 0.6 is 7.82 Å². The fraction of sp³-hybridized carbons (Fsp3) is 0.911. The molecule has 334 valence electrons. The van der Waals surface area contributed by atoms with Crippen LogP contribution in [0.25, 0.3) is 0 Å². The van der Waals surface area contributed by atoms with Gasteiger partial charge in [0.2, 0.25) is 5.91 Å². The Hall–Kier alpha value is -1.29. The molecule has 0 rings (SSSR count). The van der Waals surface area contributed by atoms with Crippen molar-refractivity contribution >= 4 is 19.7 Å². The summed E-state index contributed by atoms with van der Waals surface area (Å²) in [6.07, 6.45) is 34.3. The van der Waals surface area contributed by atoms with Crippen molar-refractivity contribution < 1.29 is 42.7 Å². The minimum Gasteiger partial charge on any atom is -0.481 e. The van der Waals surface area contributed by atoms with Crippen LogP contribution in [0, 0.1) is 0 Å². The normalized spacial score (nSPS) is 13.4. The van der Waals surface area contributed by atoms with Crippen LogP contribution in [0.5, 0.6) is 0 Å². The zero-order valence-electron chi connectivity index (χ0n) is 36.9. The Morgan fingerprint density at radius 3 is 1.52 bits per heavy atom. The van der Waals surface area contributed by atoms with Gasteiger partial charge in [-0.25, -0.2) is 4.57 Å². The van der Waals surface area contributed by atoms with Gasteiger partial charge in [-0.1, -0.05) is 181 Å². The highest BCUT2D eigenvalue weighted by Gasteiger charge is 2.28. The Kier molecular flexibility index (Phi) is 45.5. The zero-order chi connectivity index (χ0) is 41.8. The maximum atomic E-state index is 13.0. The van der Waals surface area contributed by atoms with E-state index in [4.69, 9.17) is 23.4 Å². The van der Waals surface area contributed by atoms with Crippen LogP contribution in [-0.2, 0) is 32.5 Å². The summed E-state index contributed by atoms with van der Waals surface area (Å²) in [4.78, 5) is 22.9. The first-order valence-electron chi connectivity index (χ1n) is 23.1. The lowest BCUT2D eigenvalue weighted by Gasteiger charge is -2.23. The number of aliphatic carboxylic acids is 1. The maximum Gasteiger partial charge on any atom is 0.475 e. The SMILES string of the molecule is C=CCOP(=O)(OCCC)OC[C@@H](COCC[C@H](O)CCCCCCC)NC(=O)CCCCCCCCCCCCC.CCCCCCCCCCCC(=O)O. The minimum absolute atomic E-state index is 0.0315. The molecule has 0 aromatic rings. The van der Waals surface area contributed by atoms with Crippen molar-refractivity contribution in [3.63, 3.8) is 0 Å². The van der Waals surface area contributed by atoms with Gasteiger partial charge < -0.3 is 20.3 Å². The summed E-state index contributed by atoms with van der Waals surface area (Å²) in [7, 11) is -3.79. The summed E-state index contributed by atoms with van der Waals surface area (Å²) in [6, 6.07) is -0.512. The third-order valence-corrected chi connectivity index (χ3v) is 11.1. The molecule has 10 nitrogen and oxygen atoms in total. The van der Waals surface area contributed by atoms with Gasteiger partial charge in [0.1, 0.15) is 0 Å². The monoisotopic (exact) mass is 820 g/mol. The second kappa shape index (κ2) is 44.8. The van der Waals surface area contributed by atoms with E-state index in [2.05, 4.69) is 32.7 Å². The average molecular weight is 820 g/mol. The van der Waals surface area contributed by atoms with Gasteiger partial charge >= 0.3 is 13.8 Å². The molecule has 0 fully saturated rings. The molecule has 0 radical (unpaired) electrons. The minimum atomic E-state index is -3.79. The van der Waals surface area contributed by atoms with Crippen molar-refractivity contribution in [2.45, 2.75) is 232 Å². The Balaban J connectivity index is 0. The van der Waals surface area contributed by atoms with E-state index >= 15 is 0 Å². The molecular weight excluding hydrogens is 729 g/mol. The topological polar surface area (TPSA) is 141 Å². The smallest absolute Gasteiger partial charge is 0.475 e. The standard InChI is InChI=1S/C33H66NO7P.C12H24O2/c1-5-9-11-13-14-15-16-17-18-20-22-24-33(36)34-31(30-41-42(37,39-26-7-3)40-27-8-4)29-38-28-25-32(35)23-21-19-12-10-6-2;1-2-3-4-5-6-7-8-9-10-11-12(13)14/h7,31-32,35H,3,5-6,8-30H2,1-2,4H3,(H,34,36);2-11H2,1H3,(H,13,14)/t31-,32-,42?;/m1./s1. The predicted molar refractivity (Wildman–Crippen MR) is 233 cm³/mol. The quantitative estimate of drug-likeness (QED) is 0.0311. The van der Waals surface area contributed by atoms with E-state index in [0.29, 0.717) is 32.3 Å². The van der Waals surface area contributed by atoms with Crippen molar-refractivity contribution in [1.29, 1.82) is 0 Å². The molecule has 0 bridgehead atoms. The van der Waals surface area contributed by atoms with E-state index < -0.39 is 25.9 Å². The van der Waals surface area contributed by atoms with Crippen molar-refractivity contribution in [3.8, 4) is 0 Å². The van der Waals surface area contributed by atoms with Gasteiger partial charge in [0.15, 0.2) is 0 Å². The van der Waals surface area contributed by atoms with Crippen molar-refractivity contribution in [3.05, 3.63) is 12.7 Å². The van der Waals surface area contributed by atoms with Crippen LogP contribution in [0.2, 0.25) is 0 Å². The van der Waals surface area contributed by atoms with E-state index in [1.807, 2.05) is 6.92 Å². The molecule has 3 N–H and O–H groups in total. The number of hydrogen-bond donors (Lipinski definition) is 3. The molecule has 0 saturated carbocycles. The Bertz CT molecular complexity index is 907. The number of carboxylic acids is 1. The number of carbonyl (C=O) groups excluding carboxylic acids is 1. The van der Waals surface area contributed by atoms with Gasteiger partial charge in [-0.05, 0) is 32.1 Å². The van der Waals surface area contributed by atoms with Gasteiger partial charge in [-0.3, -0.25) is 23.2 Å². The molecule has 0 aromatic heterocycles. The van der Waals surface area contributed by atoms with Crippen molar-refractivity contribution in [1.82, 2.24) is 5.32 Å². The number of phosphoric acid groups is 1. The van der Waals surface area contributed by atoms with Gasteiger partial charge in [-0.2, -0.15) is 0 Å². The molecule has 56 heavy (non-hydrogen) atoms. The average Bonchev–Trinajstić information content (AvgIpc) is 3.18. The molecule has 0 aromatic carbocycles. The molecule has 0 aliphatic carbocycles. The summed E-state index contributed by atoms with van der Waals surface area (Å²) in [5, 5.41) is 21.7. The van der Waals surface area contributed by atoms with Gasteiger partial charge in [0.05, 0.1) is 38.6 Å². The molecule has 0 aliphatic heterocycles. The lowest BCUT2D eigenvalue weighted by Crippen LogP contribution is -2.41. The first-order chi connectivity index (χ1) is 27.2. The van der Waals surface area contributed by atoms with Crippen LogP contribution in [0.15, 0.2) is 12.7 Å². The number of unbranched alkanes of at least 4 members (excludes halogenated alkanes) is 22. The second-order valence-corrected chi connectivity index (χ2v) is 17.1. The second-order valence-electron chi connectivity index (χ2n) is 15.4. The lowest BCUT2D eigenvalue weighted by molar-refractivity contribution is -0.137. The van der Waals surface area contributed by atoms with Gasteiger partial charge in [0.25, 0.3) is 0 Å². The highest BCUT2D eigenvalue weighted by Crippen LogP contribution is 2.49. The van der Waals surface area contributed by atoms with E-state index in [-0.39, 0.29) is 32.3 Å². The molecule has 0 saturated heterocycles. The number of aliphatic hydroxyl groups excluding tert-OH is 1. The number of carboxylic acid groups (broad SMARTS) is 1. The van der Waals surface area contributed by atoms with Crippen LogP contribution in [0.1, 0.15) is 220 Å². The van der Waals surface area contributed by atoms with Gasteiger partial charge in [0, 0.05) is 19.4 Å². The fourth-order valence-corrected chi connectivity index (χ4v) is 7.46. The van der Waals surface area contributed by atoms with E-state index in [9.17, 15) is 19.3 Å². The van der Waals surface area contributed by atoms with Crippen LogP contribution < -0.4 is 5.32 Å². The molecule has 1 unspecified atom stereocenters. The number of ether oxygens (including phenoxy) is 1. The highest BCUT2D eigenvalue weighted by molar-refractivity contribution is 7.48. The third-order valence-electron chi connectivity index (χ3n) is 9.66. The van der Waals surface area contributed by atoms with E-state index in [1.54, 1.807) is 0 Å². The summed E-state index contributed by atoms with van der Waals surface area (Å²) >= 11 is 0. The Labute approximate surface area is 345 Å². The summed E-state index contributed by atoms with van der Waals surface area (Å²) in [5.41, 5.74) is 0. The Morgan fingerprint density at radius 1 is 0.589 bits per heavy atom. The molecule has 0 aliphatic rings. The number of aliphatic hydroxyl groups is 1. The van der Waals surface area contributed by atoms with Crippen LogP contribution in [0.3, 0.4) is 0 Å². The Morgan fingerprint density at radius 2 is 1.05 bits per heavy atom. The third kappa shape index (κ3) is 43.8. The predicted octanol–water partition coefficient (Wildman–Crippen LogP) is 13.0. The first kappa shape index (κ1) is 56.8. The van der Waals surface area contributed by atoms with Crippen molar-refractivity contribution in [2.24, 2.45) is 0 Å². The molecule has 3 atom stereocenters. The number of rotatable bonds is 43. The molecular formula is C45H90NO9P. The molecule has 0 spiro atoms. The number of phosphoric ester groups is 1.